The van der Waals surface area contributed by atoms with E-state index in [2.05, 4.69) is 48.5 Å². The van der Waals surface area contributed by atoms with Crippen LogP contribution in [0.4, 0.5) is 0 Å². The number of aromatic nitrogens is 1. The van der Waals surface area contributed by atoms with E-state index in [0.29, 0.717) is 19.0 Å². The van der Waals surface area contributed by atoms with Crippen molar-refractivity contribution >= 4 is 17.8 Å². The summed E-state index contributed by atoms with van der Waals surface area (Å²) < 4.78 is 0. The van der Waals surface area contributed by atoms with Gasteiger partial charge < -0.3 is 20.6 Å². The Morgan fingerprint density at radius 1 is 1.22 bits per heavy atom. The summed E-state index contributed by atoms with van der Waals surface area (Å²) in [4.78, 5) is 40.3. The molecule has 0 spiro atoms. The van der Waals surface area contributed by atoms with Crippen LogP contribution in [0.1, 0.15) is 64.9 Å². The number of rotatable bonds is 8. The highest BCUT2D eigenvalue weighted by Crippen LogP contribution is 2.29. The van der Waals surface area contributed by atoms with E-state index in [1.54, 1.807) is 11.1 Å². The molecule has 0 unspecified atom stereocenters. The maximum absolute atomic E-state index is 12.4. The van der Waals surface area contributed by atoms with Crippen LogP contribution in [0.3, 0.4) is 0 Å². The summed E-state index contributed by atoms with van der Waals surface area (Å²) in [7, 11) is 0. The molecule has 1 fully saturated rings. The molecule has 0 bridgehead atoms. The van der Waals surface area contributed by atoms with Crippen molar-refractivity contribution in [2.45, 2.75) is 66.2 Å². The van der Waals surface area contributed by atoms with Crippen molar-refractivity contribution in [2.24, 2.45) is 5.92 Å². The molecule has 0 aliphatic carbocycles. The third-order valence-corrected chi connectivity index (χ3v) is 6.61. The molecule has 202 valence electrons. The van der Waals surface area contributed by atoms with Crippen LogP contribution in [-0.4, -0.2) is 59.0 Å². The van der Waals surface area contributed by atoms with Gasteiger partial charge in [-0.1, -0.05) is 23.8 Å². The monoisotopic (exact) mass is 510 g/mol. The molecule has 0 saturated carbocycles. The molecule has 8 heteroatoms. The summed E-state index contributed by atoms with van der Waals surface area (Å²) in [5.74, 6) is -1.16. The Bertz CT molecular complexity index is 1000. The third-order valence-electron chi connectivity index (χ3n) is 6.61. The van der Waals surface area contributed by atoms with E-state index >= 15 is 0 Å². The minimum absolute atomic E-state index is 0.0468. The molecule has 2 aliphatic heterocycles. The van der Waals surface area contributed by atoms with Gasteiger partial charge in [-0.05, 0) is 82.1 Å². The molecule has 0 radical (unpaired) electrons. The van der Waals surface area contributed by atoms with Gasteiger partial charge in [0, 0.05) is 44.3 Å². The van der Waals surface area contributed by atoms with Crippen LogP contribution in [0.2, 0.25) is 0 Å². The van der Waals surface area contributed by atoms with Crippen LogP contribution in [0, 0.1) is 12.8 Å². The molecule has 1 aromatic heterocycles. The SMILES string of the molecule is CC(C)=C(/C=C\C1=C(C)NCCC1)C1CCN(C(=O)CC(=O)NCCC(=O)O)CC1.Cc1cccnc1. The van der Waals surface area contributed by atoms with Crippen molar-refractivity contribution in [1.29, 1.82) is 0 Å². The normalized spacial score (nSPS) is 15.9. The molecule has 3 heterocycles. The molecule has 0 atom stereocenters. The molecule has 37 heavy (non-hydrogen) atoms. The second kappa shape index (κ2) is 15.6. The molecule has 0 aromatic carbocycles. The number of hydrogen-bond donors (Lipinski definition) is 3. The Morgan fingerprint density at radius 2 is 1.95 bits per heavy atom. The summed E-state index contributed by atoms with van der Waals surface area (Å²) in [5.41, 5.74) is 6.48. The summed E-state index contributed by atoms with van der Waals surface area (Å²) in [6.45, 7) is 10.8. The van der Waals surface area contributed by atoms with E-state index in [4.69, 9.17) is 5.11 Å². The average molecular weight is 511 g/mol. The van der Waals surface area contributed by atoms with Crippen LogP contribution in [0.25, 0.3) is 0 Å². The first-order valence-electron chi connectivity index (χ1n) is 13.1. The molecular weight excluding hydrogens is 468 g/mol. The van der Waals surface area contributed by atoms with Gasteiger partial charge in [0.1, 0.15) is 6.42 Å². The standard InChI is InChI=1S/C23H35N3O4.C6H7N/c1-16(2)20(7-6-18-5-4-11-24-17(18)3)19-9-13-26(14-10-19)22(28)15-21(27)25-12-8-23(29)30;1-6-3-2-4-7-5-6/h6-7,19,24H,4-5,8-15H2,1-3H3,(H,25,27)(H,29,30);2-5H,1H3/b7-6-;. The fourth-order valence-corrected chi connectivity index (χ4v) is 4.47. The maximum Gasteiger partial charge on any atom is 0.305 e. The zero-order valence-corrected chi connectivity index (χ0v) is 22.7. The first kappa shape index (κ1) is 29.8. The van der Waals surface area contributed by atoms with Crippen molar-refractivity contribution in [3.05, 3.63) is 64.7 Å². The zero-order chi connectivity index (χ0) is 27.2. The predicted molar refractivity (Wildman–Crippen MR) is 146 cm³/mol. The summed E-state index contributed by atoms with van der Waals surface area (Å²) in [6.07, 6.45) is 11.8. The molecular formula is C29H42N4O4. The van der Waals surface area contributed by atoms with E-state index < -0.39 is 11.9 Å². The van der Waals surface area contributed by atoms with Gasteiger partial charge in [-0.3, -0.25) is 19.4 Å². The molecule has 2 aliphatic rings. The lowest BCUT2D eigenvalue weighted by Gasteiger charge is -2.33. The summed E-state index contributed by atoms with van der Waals surface area (Å²) >= 11 is 0. The number of allylic oxidation sites excluding steroid dienone is 6. The number of carbonyl (C=O) groups excluding carboxylic acids is 2. The number of aliphatic carboxylic acids is 1. The summed E-state index contributed by atoms with van der Waals surface area (Å²) in [5, 5.41) is 14.5. The van der Waals surface area contributed by atoms with Crippen LogP contribution in [0.15, 0.2) is 59.1 Å². The minimum atomic E-state index is -0.973. The highest BCUT2D eigenvalue weighted by molar-refractivity contribution is 5.97. The van der Waals surface area contributed by atoms with E-state index in [9.17, 15) is 14.4 Å². The average Bonchev–Trinajstić information content (AvgIpc) is 2.86. The number of carboxylic acid groups (broad SMARTS) is 1. The van der Waals surface area contributed by atoms with Crippen LogP contribution >= 0.6 is 0 Å². The van der Waals surface area contributed by atoms with E-state index in [1.165, 1.54) is 28.0 Å². The number of carboxylic acids is 1. The maximum atomic E-state index is 12.4. The van der Waals surface area contributed by atoms with Gasteiger partial charge in [0.05, 0.1) is 6.42 Å². The van der Waals surface area contributed by atoms with Crippen LogP contribution in [-0.2, 0) is 14.4 Å². The van der Waals surface area contributed by atoms with Crippen molar-refractivity contribution in [3.63, 3.8) is 0 Å². The number of pyridine rings is 1. The molecule has 1 saturated heterocycles. The third kappa shape index (κ3) is 11.0. The Morgan fingerprint density at radius 3 is 2.49 bits per heavy atom. The van der Waals surface area contributed by atoms with Crippen molar-refractivity contribution in [2.75, 3.05) is 26.2 Å². The van der Waals surface area contributed by atoms with Gasteiger partial charge in [0.15, 0.2) is 0 Å². The Kier molecular flexibility index (Phi) is 12.6. The Labute approximate surface area is 220 Å². The first-order chi connectivity index (χ1) is 17.7. The van der Waals surface area contributed by atoms with E-state index in [0.717, 1.165) is 32.2 Å². The number of carbonyl (C=O) groups is 3. The molecule has 2 amide bonds. The van der Waals surface area contributed by atoms with Gasteiger partial charge in [-0.2, -0.15) is 0 Å². The second-order valence-corrected chi connectivity index (χ2v) is 9.83. The van der Waals surface area contributed by atoms with Gasteiger partial charge >= 0.3 is 5.97 Å². The number of likely N-dealkylation sites (tertiary alicyclic amines) is 1. The minimum Gasteiger partial charge on any atom is -0.481 e. The Hall–Kier alpha value is -3.42. The lowest BCUT2D eigenvalue weighted by atomic mass is 9.85. The Balaban J connectivity index is 0.000000591. The molecule has 3 N–H and O–H groups in total. The largest absolute Gasteiger partial charge is 0.481 e. The van der Waals surface area contributed by atoms with Gasteiger partial charge in [-0.25, -0.2) is 0 Å². The van der Waals surface area contributed by atoms with Crippen molar-refractivity contribution in [1.82, 2.24) is 20.5 Å². The molecule has 8 nitrogen and oxygen atoms in total. The highest BCUT2D eigenvalue weighted by atomic mass is 16.4. The predicted octanol–water partition coefficient (Wildman–Crippen LogP) is 4.15. The molecule has 1 aromatic rings. The number of nitrogens with one attached hydrogen (secondary N) is 2. The lowest BCUT2D eigenvalue weighted by Crippen LogP contribution is -2.41. The zero-order valence-electron chi connectivity index (χ0n) is 22.7. The quantitative estimate of drug-likeness (QED) is 0.358. The number of piperidine rings is 1. The highest BCUT2D eigenvalue weighted by Gasteiger charge is 2.26. The fraction of sp³-hybridized carbons (Fsp3) is 0.517. The van der Waals surface area contributed by atoms with Gasteiger partial charge in [-0.15, -0.1) is 0 Å². The van der Waals surface area contributed by atoms with Crippen molar-refractivity contribution in [3.8, 4) is 0 Å². The van der Waals surface area contributed by atoms with Crippen LogP contribution in [0.5, 0.6) is 0 Å². The van der Waals surface area contributed by atoms with E-state index in [1.807, 2.05) is 25.3 Å². The lowest BCUT2D eigenvalue weighted by molar-refractivity contribution is -0.137. The molecule has 3 rings (SSSR count). The summed E-state index contributed by atoms with van der Waals surface area (Å²) in [6, 6.07) is 3.95. The number of nitrogens with zero attached hydrogens (tertiary/aromatic N) is 2. The first-order valence-corrected chi connectivity index (χ1v) is 13.1. The van der Waals surface area contributed by atoms with E-state index in [-0.39, 0.29) is 25.3 Å². The van der Waals surface area contributed by atoms with Gasteiger partial charge in [0.2, 0.25) is 11.8 Å². The second-order valence-electron chi connectivity index (χ2n) is 9.83. The fourth-order valence-electron chi connectivity index (χ4n) is 4.47. The van der Waals surface area contributed by atoms with Crippen LogP contribution < -0.4 is 10.6 Å². The smallest absolute Gasteiger partial charge is 0.305 e. The van der Waals surface area contributed by atoms with Crippen molar-refractivity contribution < 1.29 is 19.5 Å². The number of amides is 2. The topological polar surface area (TPSA) is 112 Å². The number of hydrogen-bond acceptors (Lipinski definition) is 5. The number of aryl methyl sites for hydroxylation is 1. The van der Waals surface area contributed by atoms with Gasteiger partial charge in [0.25, 0.3) is 0 Å².